The first kappa shape index (κ1) is 9.75. The number of carbonyl (C=O) groups excluding carboxylic acids is 1. The van der Waals surface area contributed by atoms with E-state index < -0.39 is 0 Å². The minimum Gasteiger partial charge on any atom is -0.369 e. The standard InChI is InChI=1S/C11H16O4/c12-9-10-7(3-1-5-13-10)15-8-4-2-6-14-11(8)9/h7-8,10-11H,1-6H2/t7-,8+,10-,11+. The third-order valence-corrected chi connectivity index (χ3v) is 3.45. The van der Waals surface area contributed by atoms with Gasteiger partial charge in [0, 0.05) is 13.2 Å². The van der Waals surface area contributed by atoms with Gasteiger partial charge in [-0.2, -0.15) is 0 Å². The summed E-state index contributed by atoms with van der Waals surface area (Å²) in [6.45, 7) is 1.35. The van der Waals surface area contributed by atoms with E-state index in [1.54, 1.807) is 0 Å². The minimum atomic E-state index is -0.363. The first-order chi connectivity index (χ1) is 7.36. The molecule has 3 rings (SSSR count). The molecule has 0 aliphatic carbocycles. The second kappa shape index (κ2) is 3.85. The summed E-state index contributed by atoms with van der Waals surface area (Å²) < 4.78 is 16.9. The molecule has 0 aromatic heterocycles. The van der Waals surface area contributed by atoms with E-state index in [2.05, 4.69) is 0 Å². The van der Waals surface area contributed by atoms with Crippen LogP contribution in [0.15, 0.2) is 0 Å². The average molecular weight is 212 g/mol. The number of ether oxygens (including phenoxy) is 3. The van der Waals surface area contributed by atoms with E-state index in [4.69, 9.17) is 14.2 Å². The molecule has 0 saturated carbocycles. The second-order valence-electron chi connectivity index (χ2n) is 4.48. The molecular formula is C11H16O4. The average Bonchev–Trinajstić information content (AvgIpc) is 2.30. The van der Waals surface area contributed by atoms with Gasteiger partial charge in [-0.15, -0.1) is 0 Å². The van der Waals surface area contributed by atoms with Crippen molar-refractivity contribution in [2.75, 3.05) is 13.2 Å². The van der Waals surface area contributed by atoms with Crippen molar-refractivity contribution in [3.05, 3.63) is 0 Å². The van der Waals surface area contributed by atoms with Gasteiger partial charge in [0.05, 0.1) is 12.2 Å². The predicted molar refractivity (Wildman–Crippen MR) is 51.6 cm³/mol. The van der Waals surface area contributed by atoms with Crippen molar-refractivity contribution in [2.24, 2.45) is 0 Å². The molecular weight excluding hydrogens is 196 g/mol. The van der Waals surface area contributed by atoms with E-state index >= 15 is 0 Å². The van der Waals surface area contributed by atoms with Crippen molar-refractivity contribution in [1.29, 1.82) is 0 Å². The summed E-state index contributed by atoms with van der Waals surface area (Å²) in [6.07, 6.45) is 3.11. The maximum atomic E-state index is 12.1. The van der Waals surface area contributed by atoms with Crippen LogP contribution >= 0.6 is 0 Å². The Morgan fingerprint density at radius 3 is 2.00 bits per heavy atom. The quantitative estimate of drug-likeness (QED) is 0.592. The minimum absolute atomic E-state index is 0.0193. The third kappa shape index (κ3) is 1.61. The van der Waals surface area contributed by atoms with Gasteiger partial charge in [-0.3, -0.25) is 4.79 Å². The lowest BCUT2D eigenvalue weighted by atomic mass is 9.89. The summed E-state index contributed by atoms with van der Waals surface area (Å²) in [7, 11) is 0. The Labute approximate surface area is 88.9 Å². The van der Waals surface area contributed by atoms with Crippen molar-refractivity contribution in [3.8, 4) is 0 Å². The number of carbonyl (C=O) groups is 1. The zero-order valence-electron chi connectivity index (χ0n) is 8.69. The van der Waals surface area contributed by atoms with Crippen LogP contribution in [0, 0.1) is 0 Å². The fraction of sp³-hybridized carbons (Fsp3) is 0.909. The third-order valence-electron chi connectivity index (χ3n) is 3.45. The summed E-state index contributed by atoms with van der Waals surface area (Å²) in [6, 6.07) is 0. The summed E-state index contributed by atoms with van der Waals surface area (Å²) in [5.41, 5.74) is 0. The van der Waals surface area contributed by atoms with Crippen LogP contribution in [-0.2, 0) is 19.0 Å². The molecule has 0 spiro atoms. The second-order valence-corrected chi connectivity index (χ2v) is 4.48. The number of hydrogen-bond donors (Lipinski definition) is 0. The highest BCUT2D eigenvalue weighted by Gasteiger charge is 2.47. The molecule has 3 heterocycles. The van der Waals surface area contributed by atoms with Crippen LogP contribution in [-0.4, -0.2) is 43.4 Å². The SMILES string of the molecule is O=C1[C@H]2OCCC[C@@H]2O[C@@H]2CCCO[C@@H]12. The van der Waals surface area contributed by atoms with E-state index in [1.807, 2.05) is 0 Å². The van der Waals surface area contributed by atoms with Gasteiger partial charge in [-0.05, 0) is 25.7 Å². The van der Waals surface area contributed by atoms with Gasteiger partial charge < -0.3 is 14.2 Å². The number of Topliss-reactive ketones (excluding diaryl/α,β-unsaturated/α-hetero) is 1. The molecule has 3 aliphatic rings. The van der Waals surface area contributed by atoms with E-state index in [1.165, 1.54) is 0 Å². The number of fused-ring (bicyclic) bond motifs is 2. The highest BCUT2D eigenvalue weighted by atomic mass is 16.6. The topological polar surface area (TPSA) is 44.8 Å². The van der Waals surface area contributed by atoms with Crippen LogP contribution in [0.3, 0.4) is 0 Å². The van der Waals surface area contributed by atoms with Crippen molar-refractivity contribution in [2.45, 2.75) is 50.1 Å². The Morgan fingerprint density at radius 2 is 1.47 bits per heavy atom. The van der Waals surface area contributed by atoms with Crippen molar-refractivity contribution in [1.82, 2.24) is 0 Å². The molecule has 15 heavy (non-hydrogen) atoms. The van der Waals surface area contributed by atoms with Crippen LogP contribution in [0.2, 0.25) is 0 Å². The van der Waals surface area contributed by atoms with Crippen LogP contribution in [0.1, 0.15) is 25.7 Å². The smallest absolute Gasteiger partial charge is 0.195 e. The highest BCUT2D eigenvalue weighted by molar-refractivity contribution is 5.89. The summed E-state index contributed by atoms with van der Waals surface area (Å²) >= 11 is 0. The van der Waals surface area contributed by atoms with Crippen molar-refractivity contribution >= 4 is 5.78 Å². The molecule has 0 amide bonds. The van der Waals surface area contributed by atoms with Gasteiger partial charge >= 0.3 is 0 Å². The Hall–Kier alpha value is -0.450. The van der Waals surface area contributed by atoms with E-state index in [0.29, 0.717) is 13.2 Å². The molecule has 0 unspecified atom stereocenters. The molecule has 0 aromatic carbocycles. The zero-order chi connectivity index (χ0) is 10.3. The molecule has 4 nitrogen and oxygen atoms in total. The molecule has 4 heteroatoms. The lowest BCUT2D eigenvalue weighted by Gasteiger charge is -2.43. The maximum absolute atomic E-state index is 12.1. The largest absolute Gasteiger partial charge is 0.369 e. The molecule has 0 N–H and O–H groups in total. The van der Waals surface area contributed by atoms with E-state index in [9.17, 15) is 4.79 Å². The normalized spacial score (nSPS) is 45.7. The Bertz CT molecular complexity index is 241. The summed E-state index contributed by atoms with van der Waals surface area (Å²) in [4.78, 5) is 12.1. The first-order valence-corrected chi connectivity index (χ1v) is 5.78. The number of ketones is 1. The highest BCUT2D eigenvalue weighted by Crippen LogP contribution is 2.31. The molecule has 3 fully saturated rings. The molecule has 3 aliphatic heterocycles. The van der Waals surface area contributed by atoms with E-state index in [-0.39, 0.29) is 30.2 Å². The lowest BCUT2D eigenvalue weighted by molar-refractivity contribution is -0.217. The van der Waals surface area contributed by atoms with Crippen LogP contribution < -0.4 is 0 Å². The lowest BCUT2D eigenvalue weighted by Crippen LogP contribution is -2.59. The first-order valence-electron chi connectivity index (χ1n) is 5.78. The maximum Gasteiger partial charge on any atom is 0.195 e. The number of hydrogen-bond acceptors (Lipinski definition) is 4. The Kier molecular flexibility index (Phi) is 2.50. The van der Waals surface area contributed by atoms with Gasteiger partial charge in [0.25, 0.3) is 0 Å². The molecule has 0 radical (unpaired) electrons. The Balaban J connectivity index is 1.79. The van der Waals surface area contributed by atoms with E-state index in [0.717, 1.165) is 25.7 Å². The van der Waals surface area contributed by atoms with Gasteiger partial charge in [-0.1, -0.05) is 0 Å². The van der Waals surface area contributed by atoms with Crippen molar-refractivity contribution < 1.29 is 19.0 Å². The van der Waals surface area contributed by atoms with Crippen LogP contribution in [0.25, 0.3) is 0 Å². The fourth-order valence-electron chi connectivity index (χ4n) is 2.70. The zero-order valence-corrected chi connectivity index (χ0v) is 8.69. The van der Waals surface area contributed by atoms with Crippen LogP contribution in [0.5, 0.6) is 0 Å². The monoisotopic (exact) mass is 212 g/mol. The molecule has 4 atom stereocenters. The number of rotatable bonds is 0. The van der Waals surface area contributed by atoms with Crippen LogP contribution in [0.4, 0.5) is 0 Å². The van der Waals surface area contributed by atoms with Crippen molar-refractivity contribution in [3.63, 3.8) is 0 Å². The predicted octanol–water partition coefficient (Wildman–Crippen LogP) is 0.681. The molecule has 0 bridgehead atoms. The summed E-state index contributed by atoms with van der Waals surface area (Å²) in [5, 5.41) is 0. The Morgan fingerprint density at radius 1 is 0.933 bits per heavy atom. The fourth-order valence-corrected chi connectivity index (χ4v) is 2.70. The summed E-state index contributed by atoms with van der Waals surface area (Å²) in [5.74, 6) is 0.107. The van der Waals surface area contributed by atoms with Gasteiger partial charge in [0.2, 0.25) is 0 Å². The van der Waals surface area contributed by atoms with Gasteiger partial charge in [-0.25, -0.2) is 0 Å². The van der Waals surface area contributed by atoms with Gasteiger partial charge in [0.15, 0.2) is 5.78 Å². The molecule has 3 saturated heterocycles. The molecule has 84 valence electrons. The molecule has 0 aromatic rings. The van der Waals surface area contributed by atoms with Gasteiger partial charge in [0.1, 0.15) is 12.2 Å².